The quantitative estimate of drug-likeness (QED) is 0.0979. The SMILES string of the molecule is C=CCN1C(=O)\C(=[N+]([O-])/C=C/C(=C\c2ccc(Cl)cc2)C(=O)OCC)c2cccc(Br)c21. The van der Waals surface area contributed by atoms with Crippen molar-refractivity contribution in [2.75, 3.05) is 18.1 Å². The Morgan fingerprint density at radius 3 is 2.66 bits per heavy atom. The van der Waals surface area contributed by atoms with E-state index in [-0.39, 0.29) is 24.4 Å². The molecule has 164 valence electrons. The summed E-state index contributed by atoms with van der Waals surface area (Å²) in [5.74, 6) is -1.04. The van der Waals surface area contributed by atoms with E-state index in [1.54, 1.807) is 61.5 Å². The van der Waals surface area contributed by atoms with Gasteiger partial charge >= 0.3 is 11.9 Å². The van der Waals surface area contributed by atoms with Crippen LogP contribution in [0.1, 0.15) is 18.1 Å². The maximum absolute atomic E-state index is 13.0. The standard InChI is InChI=1S/C24H20BrClN2O4/c1-3-13-27-21-19(6-5-7-20(21)25)22(23(27)29)28(31)14-12-17(24(30)32-4-2)15-16-8-10-18(26)11-9-16/h3,5-12,14-15H,1,4,13H2,2H3/b14-12+,17-15+,28-22+. The molecule has 1 aliphatic rings. The molecule has 0 aromatic heterocycles. The van der Waals surface area contributed by atoms with E-state index in [0.29, 0.717) is 31.0 Å². The van der Waals surface area contributed by atoms with Crippen molar-refractivity contribution in [3.8, 4) is 0 Å². The lowest BCUT2D eigenvalue weighted by Gasteiger charge is -2.14. The summed E-state index contributed by atoms with van der Waals surface area (Å²) in [6.45, 7) is 5.80. The number of hydrogen-bond acceptors (Lipinski definition) is 4. The zero-order chi connectivity index (χ0) is 23.3. The lowest BCUT2D eigenvalue weighted by atomic mass is 10.1. The molecule has 0 saturated heterocycles. The second-order valence-corrected chi connectivity index (χ2v) is 7.99. The summed E-state index contributed by atoms with van der Waals surface area (Å²) < 4.78 is 6.25. The van der Waals surface area contributed by atoms with E-state index in [9.17, 15) is 14.8 Å². The van der Waals surface area contributed by atoms with Gasteiger partial charge in [-0.1, -0.05) is 35.9 Å². The maximum Gasteiger partial charge on any atom is 0.338 e. The van der Waals surface area contributed by atoms with Crippen LogP contribution in [0.3, 0.4) is 0 Å². The Hall–Kier alpha value is -3.16. The van der Waals surface area contributed by atoms with Gasteiger partial charge in [0.2, 0.25) is 0 Å². The van der Waals surface area contributed by atoms with Gasteiger partial charge in [0, 0.05) is 22.1 Å². The zero-order valence-corrected chi connectivity index (χ0v) is 19.6. The first-order valence-corrected chi connectivity index (χ1v) is 10.9. The summed E-state index contributed by atoms with van der Waals surface area (Å²) in [5.41, 5.74) is 1.90. The highest BCUT2D eigenvalue weighted by molar-refractivity contribution is 9.10. The average Bonchev–Trinajstić information content (AvgIpc) is 3.05. The summed E-state index contributed by atoms with van der Waals surface area (Å²) in [6.07, 6.45) is 5.62. The van der Waals surface area contributed by atoms with Crippen molar-refractivity contribution in [2.24, 2.45) is 0 Å². The van der Waals surface area contributed by atoms with Gasteiger partial charge in [0.25, 0.3) is 5.71 Å². The topological polar surface area (TPSA) is 72.7 Å². The minimum Gasteiger partial charge on any atom is -0.618 e. The van der Waals surface area contributed by atoms with Crippen LogP contribution in [-0.2, 0) is 14.3 Å². The molecule has 2 aromatic carbocycles. The predicted octanol–water partition coefficient (Wildman–Crippen LogP) is 5.09. The molecule has 0 spiro atoms. The Kier molecular flexibility index (Phi) is 7.66. The number of rotatable bonds is 7. The van der Waals surface area contributed by atoms with Crippen LogP contribution in [-0.4, -0.2) is 35.5 Å². The third-order valence-corrected chi connectivity index (χ3v) is 5.48. The van der Waals surface area contributed by atoms with E-state index < -0.39 is 11.9 Å². The fourth-order valence-electron chi connectivity index (χ4n) is 3.19. The molecule has 1 aliphatic heterocycles. The first kappa shape index (κ1) is 23.5. The molecule has 0 N–H and O–H groups in total. The van der Waals surface area contributed by atoms with Crippen molar-refractivity contribution >= 4 is 56.9 Å². The molecule has 0 bridgehead atoms. The number of hydrogen-bond donors (Lipinski definition) is 0. The Morgan fingerprint density at radius 1 is 1.28 bits per heavy atom. The number of fused-ring (bicyclic) bond motifs is 1. The zero-order valence-electron chi connectivity index (χ0n) is 17.3. The lowest BCUT2D eigenvalue weighted by Crippen LogP contribution is -2.32. The number of hydroxylamine groups is 1. The van der Waals surface area contributed by atoms with Crippen LogP contribution >= 0.6 is 27.5 Å². The second kappa shape index (κ2) is 10.4. The molecule has 3 rings (SSSR count). The van der Waals surface area contributed by atoms with Gasteiger partial charge in [-0.15, -0.1) is 6.58 Å². The van der Waals surface area contributed by atoms with E-state index in [1.807, 2.05) is 0 Å². The number of esters is 1. The molecule has 0 radical (unpaired) electrons. The number of nitrogens with zero attached hydrogens (tertiary/aromatic N) is 2. The molecule has 0 atom stereocenters. The maximum atomic E-state index is 13.0. The minimum absolute atomic E-state index is 0.0471. The van der Waals surface area contributed by atoms with E-state index in [2.05, 4.69) is 22.5 Å². The van der Waals surface area contributed by atoms with Gasteiger partial charge in [0.15, 0.2) is 6.20 Å². The number of benzene rings is 2. The molecule has 0 unspecified atom stereocenters. The van der Waals surface area contributed by atoms with Gasteiger partial charge < -0.3 is 9.94 Å². The second-order valence-electron chi connectivity index (χ2n) is 6.70. The fraction of sp³-hybridized carbons (Fsp3) is 0.125. The van der Waals surface area contributed by atoms with Crippen molar-refractivity contribution in [1.29, 1.82) is 0 Å². The van der Waals surface area contributed by atoms with Crippen LogP contribution in [0.2, 0.25) is 5.02 Å². The van der Waals surface area contributed by atoms with Crippen molar-refractivity contribution in [3.05, 3.63) is 98.8 Å². The third-order valence-electron chi connectivity index (χ3n) is 4.58. The van der Waals surface area contributed by atoms with Gasteiger partial charge in [-0.25, -0.2) is 4.79 Å². The molecule has 0 aliphatic carbocycles. The van der Waals surface area contributed by atoms with E-state index in [4.69, 9.17) is 16.3 Å². The van der Waals surface area contributed by atoms with E-state index in [0.717, 1.165) is 6.20 Å². The highest BCUT2D eigenvalue weighted by atomic mass is 79.9. The Balaban J connectivity index is 2.04. The van der Waals surface area contributed by atoms with Gasteiger partial charge in [0.05, 0.1) is 23.4 Å². The van der Waals surface area contributed by atoms with Gasteiger partial charge in [0.1, 0.15) is 0 Å². The number of carbonyl (C=O) groups is 2. The molecule has 0 saturated carbocycles. The van der Waals surface area contributed by atoms with Crippen LogP contribution < -0.4 is 4.90 Å². The van der Waals surface area contributed by atoms with Gasteiger partial charge in [-0.05, 0) is 58.8 Å². The molecule has 32 heavy (non-hydrogen) atoms. The number of ether oxygens (including phenoxy) is 1. The van der Waals surface area contributed by atoms with Crippen molar-refractivity contribution in [1.82, 2.24) is 0 Å². The van der Waals surface area contributed by atoms with Crippen molar-refractivity contribution in [2.45, 2.75) is 6.92 Å². The largest absolute Gasteiger partial charge is 0.618 e. The summed E-state index contributed by atoms with van der Waals surface area (Å²) in [7, 11) is 0. The van der Waals surface area contributed by atoms with E-state index in [1.165, 1.54) is 11.0 Å². The molecule has 1 heterocycles. The number of para-hydroxylation sites is 1. The van der Waals surface area contributed by atoms with Crippen LogP contribution in [0, 0.1) is 5.21 Å². The van der Waals surface area contributed by atoms with Crippen LogP contribution in [0.4, 0.5) is 5.69 Å². The average molecular weight is 516 g/mol. The molecule has 0 fully saturated rings. The smallest absolute Gasteiger partial charge is 0.338 e. The third kappa shape index (κ3) is 5.00. The Labute approximate surface area is 199 Å². The molecule has 8 heteroatoms. The van der Waals surface area contributed by atoms with Crippen LogP contribution in [0.5, 0.6) is 0 Å². The lowest BCUT2D eigenvalue weighted by molar-refractivity contribution is -0.376. The van der Waals surface area contributed by atoms with Crippen LogP contribution in [0.25, 0.3) is 6.08 Å². The number of anilines is 1. The first-order chi connectivity index (χ1) is 15.4. The van der Waals surface area contributed by atoms with Crippen molar-refractivity contribution < 1.29 is 19.1 Å². The molecular formula is C24H20BrClN2O4. The number of halogens is 2. The molecule has 6 nitrogen and oxygen atoms in total. The number of carbonyl (C=O) groups excluding carboxylic acids is 2. The molecule has 1 amide bonds. The summed E-state index contributed by atoms with van der Waals surface area (Å²) in [5, 5.41) is 13.5. The number of amides is 1. The van der Waals surface area contributed by atoms with Crippen molar-refractivity contribution in [3.63, 3.8) is 0 Å². The Morgan fingerprint density at radius 2 is 2.00 bits per heavy atom. The summed E-state index contributed by atoms with van der Waals surface area (Å²) >= 11 is 9.36. The summed E-state index contributed by atoms with van der Waals surface area (Å²) in [6, 6.07) is 12.1. The van der Waals surface area contributed by atoms with Gasteiger partial charge in [-0.2, -0.15) is 4.74 Å². The van der Waals surface area contributed by atoms with E-state index >= 15 is 0 Å². The minimum atomic E-state index is -0.591. The van der Waals surface area contributed by atoms with Crippen LogP contribution in [0.15, 0.2) is 77.4 Å². The predicted molar refractivity (Wildman–Crippen MR) is 130 cm³/mol. The monoisotopic (exact) mass is 514 g/mol. The molecule has 2 aromatic rings. The summed E-state index contributed by atoms with van der Waals surface area (Å²) in [4.78, 5) is 26.8. The normalized spacial score (nSPS) is 15.2. The highest BCUT2D eigenvalue weighted by Crippen LogP contribution is 2.36. The van der Waals surface area contributed by atoms with Gasteiger partial charge in [-0.3, -0.25) is 9.69 Å². The first-order valence-electron chi connectivity index (χ1n) is 9.75. The fourth-order valence-corrected chi connectivity index (χ4v) is 3.90. The highest BCUT2D eigenvalue weighted by Gasteiger charge is 2.40. The Bertz CT molecular complexity index is 1150. The molecular weight excluding hydrogens is 496 g/mol.